The van der Waals surface area contributed by atoms with Gasteiger partial charge in [-0.25, -0.2) is 0 Å². The van der Waals surface area contributed by atoms with Crippen LogP contribution in [0.5, 0.6) is 0 Å². The monoisotopic (exact) mass is 749 g/mol. The Morgan fingerprint density at radius 2 is 0.808 bits per heavy atom. The minimum absolute atomic E-state index is 0.555. The molecule has 3 aromatic carbocycles. The van der Waals surface area contributed by atoms with Crippen molar-refractivity contribution in [3.05, 3.63) is 91.0 Å². The second-order valence-electron chi connectivity index (χ2n) is 5.95. The van der Waals surface area contributed by atoms with E-state index < -0.39 is 7.26 Å². The molecule has 0 aliphatic rings. The molecule has 0 aliphatic carbocycles. The maximum absolute atomic E-state index is 2.36. The van der Waals surface area contributed by atoms with Crippen molar-refractivity contribution in [2.75, 3.05) is 0 Å². The SMILES string of the molecule is CC(C)[P+](c1ccccc1)(c1ccccc1)c1ccccc1.[I][Cu-]([I])[I]. The predicted octanol–water partition coefficient (Wildman–Crippen LogP) is 7.04. The Morgan fingerprint density at radius 1 is 0.577 bits per heavy atom. The molecule has 0 fully saturated rings. The van der Waals surface area contributed by atoms with E-state index in [1.165, 1.54) is 15.9 Å². The molecule has 0 atom stereocenters. The Kier molecular flexibility index (Phi) is 10.4. The first-order valence-corrected chi connectivity index (χ1v) is 19.1. The van der Waals surface area contributed by atoms with E-state index in [0.717, 1.165) is 0 Å². The van der Waals surface area contributed by atoms with Gasteiger partial charge in [0.15, 0.2) is 0 Å². The minimum atomic E-state index is -1.63. The fourth-order valence-electron chi connectivity index (χ4n) is 3.33. The van der Waals surface area contributed by atoms with Gasteiger partial charge in [-0.15, -0.1) is 0 Å². The van der Waals surface area contributed by atoms with Crippen LogP contribution in [0.4, 0.5) is 0 Å². The zero-order valence-corrected chi connectivity index (χ0v) is 22.9. The van der Waals surface area contributed by atoms with Crippen LogP contribution in [0.15, 0.2) is 91.0 Å². The summed E-state index contributed by atoms with van der Waals surface area (Å²) in [5, 5.41) is 4.38. The third-order valence-electron chi connectivity index (χ3n) is 4.26. The van der Waals surface area contributed by atoms with E-state index in [-0.39, 0.29) is 0 Å². The molecule has 143 valence electrons. The topological polar surface area (TPSA) is 0 Å². The molecular weight excluding hydrogens is 727 g/mol. The fraction of sp³-hybridized carbons (Fsp3) is 0.143. The van der Waals surface area contributed by atoms with Crippen LogP contribution < -0.4 is 15.9 Å². The molecule has 0 aliphatic heterocycles. The first-order valence-electron chi connectivity index (χ1n) is 8.16. The molecule has 0 saturated carbocycles. The molecule has 0 heterocycles. The summed E-state index contributed by atoms with van der Waals surface area (Å²) in [5.74, 6) is 0. The van der Waals surface area contributed by atoms with Crippen molar-refractivity contribution >= 4 is 84.2 Å². The van der Waals surface area contributed by atoms with Crippen molar-refractivity contribution in [2.45, 2.75) is 19.5 Å². The predicted molar refractivity (Wildman–Crippen MR) is 142 cm³/mol. The van der Waals surface area contributed by atoms with Crippen LogP contribution in [0, 0.1) is 0 Å². The summed E-state index contributed by atoms with van der Waals surface area (Å²) in [7, 11) is -1.63. The summed E-state index contributed by atoms with van der Waals surface area (Å²) in [5.41, 5.74) is 0.555. The van der Waals surface area contributed by atoms with E-state index in [0.29, 0.717) is 9.81 Å². The first-order chi connectivity index (χ1) is 12.5. The summed E-state index contributed by atoms with van der Waals surface area (Å²) in [4.78, 5) is 0. The van der Waals surface area contributed by atoms with E-state index >= 15 is 0 Å². The van der Waals surface area contributed by atoms with Crippen molar-refractivity contribution in [3.8, 4) is 0 Å². The summed E-state index contributed by atoms with van der Waals surface area (Å²) >= 11 is 7.01. The van der Waals surface area contributed by atoms with Gasteiger partial charge in [-0.1, -0.05) is 54.6 Å². The van der Waals surface area contributed by atoms with E-state index in [1.54, 1.807) is 0 Å². The van der Waals surface area contributed by atoms with Crippen molar-refractivity contribution in [2.24, 2.45) is 0 Å². The Balaban J connectivity index is 0.000000552. The van der Waals surface area contributed by atoms with Crippen LogP contribution in [-0.4, -0.2) is 5.66 Å². The maximum atomic E-state index is 2.36. The summed E-state index contributed by atoms with van der Waals surface area (Å²) in [6.07, 6.45) is 0. The normalized spacial score (nSPS) is 11.5. The van der Waals surface area contributed by atoms with Gasteiger partial charge in [-0.05, 0) is 50.2 Å². The molecule has 0 saturated heterocycles. The van der Waals surface area contributed by atoms with Gasteiger partial charge in [0, 0.05) is 0 Å². The molecule has 0 aromatic heterocycles. The molecule has 0 N–H and O–H groups in total. The van der Waals surface area contributed by atoms with Crippen LogP contribution in [0.25, 0.3) is 0 Å². The van der Waals surface area contributed by atoms with Gasteiger partial charge in [0.05, 0.1) is 5.66 Å². The molecule has 3 rings (SSSR count). The van der Waals surface area contributed by atoms with Crippen LogP contribution in [0.3, 0.4) is 0 Å². The second-order valence-corrected chi connectivity index (χ2v) is 33.8. The summed E-state index contributed by atoms with van der Waals surface area (Å²) in [6, 6.07) is 33.1. The molecule has 0 radical (unpaired) electrons. The molecule has 0 nitrogen and oxygen atoms in total. The number of rotatable bonds is 4. The van der Waals surface area contributed by atoms with Crippen molar-refractivity contribution in [1.29, 1.82) is 0 Å². The summed E-state index contributed by atoms with van der Waals surface area (Å²) in [6.45, 7) is 4.72. The fourth-order valence-corrected chi connectivity index (χ4v) is 7.94. The average Bonchev–Trinajstić information content (AvgIpc) is 2.64. The zero-order chi connectivity index (χ0) is 19.0. The molecule has 5 heteroatoms. The van der Waals surface area contributed by atoms with Crippen molar-refractivity contribution in [1.82, 2.24) is 0 Å². The summed E-state index contributed by atoms with van der Waals surface area (Å²) < 4.78 is 0.597. The van der Waals surface area contributed by atoms with Gasteiger partial charge < -0.3 is 0 Å². The standard InChI is InChI=1S/C21H22P.Cu.3HI/c1-18(2)22(19-12-6-3-7-13-19,20-14-8-4-9-15-20)21-16-10-5-11-17-21;;;;/h3-18H,1-2H3;;3*1H/q+1;+2;;;/p-3. The van der Waals surface area contributed by atoms with Crippen LogP contribution in [0.2, 0.25) is 0 Å². The van der Waals surface area contributed by atoms with Crippen LogP contribution >= 0.6 is 68.3 Å². The van der Waals surface area contributed by atoms with Crippen LogP contribution in [0.1, 0.15) is 13.8 Å². The Hall–Kier alpha value is 0.799. The number of hydrogen-bond acceptors (Lipinski definition) is 0. The van der Waals surface area contributed by atoms with Crippen molar-refractivity contribution in [3.63, 3.8) is 0 Å². The number of hydrogen-bond donors (Lipinski definition) is 0. The average molecular weight is 750 g/mol. The molecule has 3 aromatic rings. The molecule has 0 spiro atoms. The zero-order valence-electron chi connectivity index (χ0n) is 14.6. The van der Waals surface area contributed by atoms with E-state index in [2.05, 4.69) is 166 Å². The Bertz CT molecular complexity index is 666. The third-order valence-corrected chi connectivity index (χ3v) is 9.15. The molecule has 0 amide bonds. The van der Waals surface area contributed by atoms with Crippen molar-refractivity contribution < 1.29 is 4.15 Å². The second kappa shape index (κ2) is 11.7. The number of halogens is 3. The molecule has 0 unspecified atom stereocenters. The quantitative estimate of drug-likeness (QED) is 0.153. The van der Waals surface area contributed by atoms with Gasteiger partial charge in [-0.3, -0.25) is 0 Å². The molecule has 26 heavy (non-hydrogen) atoms. The Morgan fingerprint density at radius 3 is 1.00 bits per heavy atom. The van der Waals surface area contributed by atoms with Gasteiger partial charge in [0.2, 0.25) is 0 Å². The van der Waals surface area contributed by atoms with Gasteiger partial charge >= 0.3 is 65.2 Å². The number of benzene rings is 3. The van der Waals surface area contributed by atoms with Gasteiger partial charge in [0.25, 0.3) is 0 Å². The van der Waals surface area contributed by atoms with E-state index in [4.69, 9.17) is 0 Å². The first kappa shape index (κ1) is 23.1. The third kappa shape index (κ3) is 5.90. The van der Waals surface area contributed by atoms with E-state index in [9.17, 15) is 0 Å². The Labute approximate surface area is 196 Å². The van der Waals surface area contributed by atoms with Gasteiger partial charge in [0.1, 0.15) is 23.2 Å². The molecular formula is C21H22CuI3P. The molecule has 0 bridgehead atoms. The van der Waals surface area contributed by atoms with Gasteiger partial charge in [-0.2, -0.15) is 0 Å². The van der Waals surface area contributed by atoms with E-state index in [1.807, 2.05) is 0 Å². The van der Waals surface area contributed by atoms with Crippen LogP contribution in [-0.2, 0) is 4.15 Å².